The monoisotopic (exact) mass is 528 g/mol. The van der Waals surface area contributed by atoms with Crippen molar-refractivity contribution >= 4 is 32.3 Å². The predicted octanol–water partition coefficient (Wildman–Crippen LogP) is 6.79. The van der Waals surface area contributed by atoms with E-state index in [4.69, 9.17) is 0 Å². The van der Waals surface area contributed by atoms with Gasteiger partial charge in [-0.2, -0.15) is 0 Å². The molecule has 0 saturated carbocycles. The maximum absolute atomic E-state index is 3.91. The van der Waals surface area contributed by atoms with Crippen LogP contribution in [0, 0.1) is 26.2 Å². The van der Waals surface area contributed by atoms with E-state index >= 15 is 0 Å². The summed E-state index contributed by atoms with van der Waals surface area (Å²) >= 11 is 0. The van der Waals surface area contributed by atoms with Crippen LogP contribution in [0.15, 0.2) is 0 Å². The van der Waals surface area contributed by atoms with E-state index < -0.39 is 32.3 Å². The Labute approximate surface area is 162 Å². The molecule has 0 aliphatic heterocycles. The summed E-state index contributed by atoms with van der Waals surface area (Å²) in [5.41, 5.74) is 0. The largest absolute Gasteiger partial charge is 4.00 e. The van der Waals surface area contributed by atoms with Gasteiger partial charge in [-0.25, -0.2) is 0 Å². The van der Waals surface area contributed by atoms with Crippen LogP contribution in [0.2, 0.25) is 78.6 Å². The molecular formula is C16H44HfSi4. The zero-order valence-electron chi connectivity index (χ0n) is 17.3. The molecule has 0 fully saturated rings. The van der Waals surface area contributed by atoms with Crippen LogP contribution in [0.5, 0.6) is 0 Å². The molecule has 0 aliphatic rings. The van der Waals surface area contributed by atoms with Gasteiger partial charge in [0.05, 0.1) is 0 Å². The first-order valence-electron chi connectivity index (χ1n) is 7.41. The Bertz CT molecular complexity index is 130. The third-order valence-corrected chi connectivity index (χ3v) is 0. The molecule has 0 unspecified atom stereocenters. The van der Waals surface area contributed by atoms with Crippen molar-refractivity contribution in [2.45, 2.75) is 78.6 Å². The van der Waals surface area contributed by atoms with E-state index in [1.807, 2.05) is 0 Å². The Morgan fingerprint density at radius 1 is 0.333 bits per heavy atom. The molecule has 0 amide bonds. The second-order valence-corrected chi connectivity index (χ2v) is 30.7. The van der Waals surface area contributed by atoms with E-state index in [0.29, 0.717) is 0 Å². The van der Waals surface area contributed by atoms with Crippen molar-refractivity contribution in [3.05, 3.63) is 26.2 Å². The van der Waals surface area contributed by atoms with Gasteiger partial charge in [-0.05, 0) is 0 Å². The third kappa shape index (κ3) is 2800. The van der Waals surface area contributed by atoms with E-state index in [1.165, 1.54) is 0 Å². The molecule has 0 atom stereocenters. The SMILES string of the molecule is [CH2-][Si](C)(C)C.[CH2-][Si](C)(C)C.[CH2-][Si](C)(C)C.[CH2-][Si](C)(C)C.[Hf+4]. The van der Waals surface area contributed by atoms with E-state index in [0.717, 1.165) is 0 Å². The topological polar surface area (TPSA) is 0 Å². The first-order valence-corrected chi connectivity index (χ1v) is 22.2. The maximum atomic E-state index is 3.91. The summed E-state index contributed by atoms with van der Waals surface area (Å²) in [5.74, 6) is 0. The maximum Gasteiger partial charge on any atom is 4.00 e. The number of rotatable bonds is 0. The predicted molar refractivity (Wildman–Crippen MR) is 115 cm³/mol. The van der Waals surface area contributed by atoms with Crippen molar-refractivity contribution < 1.29 is 25.8 Å². The molecule has 0 bridgehead atoms. The second kappa shape index (κ2) is 14.1. The van der Waals surface area contributed by atoms with E-state index in [9.17, 15) is 0 Å². The Morgan fingerprint density at radius 3 is 0.333 bits per heavy atom. The minimum Gasteiger partial charge on any atom is -0.342 e. The summed E-state index contributed by atoms with van der Waals surface area (Å²) in [5, 5.41) is 0. The minimum atomic E-state index is -0.861. The van der Waals surface area contributed by atoms with Gasteiger partial charge in [0.25, 0.3) is 0 Å². The Balaban J connectivity index is -0.0000000533. The Kier molecular flexibility index (Phi) is 22.9. The standard InChI is InChI=1S/4C4H11Si.Hf/c4*1-5(2,3)4;/h4*1H2,2-4H3;/q4*-1;+4. The van der Waals surface area contributed by atoms with Gasteiger partial charge in [0.15, 0.2) is 0 Å². The molecule has 0 aromatic rings. The first-order chi connectivity index (χ1) is 8.00. The average molecular weight is 527 g/mol. The quantitative estimate of drug-likeness (QED) is 0.241. The summed E-state index contributed by atoms with van der Waals surface area (Å²) in [6.07, 6.45) is 0. The van der Waals surface area contributed by atoms with E-state index in [2.05, 4.69) is 105 Å². The second-order valence-electron chi connectivity index (χ2n) is 10.2. The molecule has 0 spiro atoms. The molecule has 0 rings (SSSR count). The molecule has 21 heavy (non-hydrogen) atoms. The summed E-state index contributed by atoms with van der Waals surface area (Å²) in [6, 6.07) is 0. The molecule has 0 nitrogen and oxygen atoms in total. The average Bonchev–Trinajstić information content (AvgIpc) is 1.62. The molecule has 0 N–H and O–H groups in total. The molecule has 128 valence electrons. The van der Waals surface area contributed by atoms with E-state index in [-0.39, 0.29) is 25.8 Å². The van der Waals surface area contributed by atoms with Crippen molar-refractivity contribution in [2.24, 2.45) is 0 Å². The van der Waals surface area contributed by atoms with Crippen molar-refractivity contribution in [2.75, 3.05) is 0 Å². The van der Waals surface area contributed by atoms with Gasteiger partial charge in [-0.15, -0.1) is 32.3 Å². The van der Waals surface area contributed by atoms with Crippen LogP contribution in [0.1, 0.15) is 0 Å². The van der Waals surface area contributed by atoms with Crippen LogP contribution >= 0.6 is 0 Å². The van der Waals surface area contributed by atoms with E-state index in [1.54, 1.807) is 0 Å². The van der Waals surface area contributed by atoms with Crippen LogP contribution in [0.3, 0.4) is 0 Å². The number of hydrogen-bond donors (Lipinski definition) is 0. The van der Waals surface area contributed by atoms with Gasteiger partial charge in [0.2, 0.25) is 0 Å². The van der Waals surface area contributed by atoms with Crippen LogP contribution in [0.4, 0.5) is 0 Å². The molecule has 0 saturated heterocycles. The summed E-state index contributed by atoms with van der Waals surface area (Å²) in [4.78, 5) is 0. The molecule has 5 heteroatoms. The zero-order chi connectivity index (χ0) is 18.0. The summed E-state index contributed by atoms with van der Waals surface area (Å²) in [6.45, 7) is 42.2. The molecular weight excluding hydrogens is 483 g/mol. The first kappa shape index (κ1) is 34.1. The van der Waals surface area contributed by atoms with Crippen molar-refractivity contribution in [1.29, 1.82) is 0 Å². The minimum absolute atomic E-state index is 0. The van der Waals surface area contributed by atoms with Crippen molar-refractivity contribution in [3.63, 3.8) is 0 Å². The van der Waals surface area contributed by atoms with Gasteiger partial charge in [-0.1, -0.05) is 78.6 Å². The van der Waals surface area contributed by atoms with Crippen LogP contribution in [-0.4, -0.2) is 32.3 Å². The Morgan fingerprint density at radius 2 is 0.333 bits per heavy atom. The Hall–Kier alpha value is 1.74. The van der Waals surface area contributed by atoms with Crippen LogP contribution in [-0.2, 0) is 25.8 Å². The summed E-state index contributed by atoms with van der Waals surface area (Å²) < 4.78 is 0. The smallest absolute Gasteiger partial charge is 0.342 e. The zero-order valence-corrected chi connectivity index (χ0v) is 24.9. The molecule has 0 heterocycles. The molecule has 0 aromatic carbocycles. The van der Waals surface area contributed by atoms with Gasteiger partial charge in [0, 0.05) is 0 Å². The van der Waals surface area contributed by atoms with Crippen molar-refractivity contribution in [1.82, 2.24) is 0 Å². The van der Waals surface area contributed by atoms with Crippen molar-refractivity contribution in [3.8, 4) is 0 Å². The van der Waals surface area contributed by atoms with Gasteiger partial charge in [-0.3, -0.25) is 0 Å². The fourth-order valence-electron chi connectivity index (χ4n) is 0. The fourth-order valence-corrected chi connectivity index (χ4v) is 0. The third-order valence-electron chi connectivity index (χ3n) is 0. The van der Waals surface area contributed by atoms with Crippen LogP contribution < -0.4 is 0 Å². The fraction of sp³-hybridized carbons (Fsp3) is 0.750. The number of hydrogen-bond acceptors (Lipinski definition) is 0. The molecule has 0 aromatic heterocycles. The van der Waals surface area contributed by atoms with Gasteiger partial charge >= 0.3 is 25.8 Å². The van der Waals surface area contributed by atoms with Crippen LogP contribution in [0.25, 0.3) is 0 Å². The molecule has 0 aliphatic carbocycles. The van der Waals surface area contributed by atoms with Gasteiger partial charge in [0.1, 0.15) is 0 Å². The summed E-state index contributed by atoms with van der Waals surface area (Å²) in [7, 11) is -3.44. The molecule has 0 radical (unpaired) electrons. The normalized spacial score (nSPS) is 11.4. The van der Waals surface area contributed by atoms with Gasteiger partial charge < -0.3 is 26.2 Å².